The van der Waals surface area contributed by atoms with Gasteiger partial charge in [0.25, 0.3) is 0 Å². The molecule has 0 radical (unpaired) electrons. The van der Waals surface area contributed by atoms with Crippen LogP contribution in [-0.4, -0.2) is 23.0 Å². The second kappa shape index (κ2) is 3.48. The van der Waals surface area contributed by atoms with Crippen LogP contribution in [0.4, 0.5) is 0 Å². The molecule has 3 aliphatic rings. The quantitative estimate of drug-likeness (QED) is 0.650. The number of hydrogen-bond donors (Lipinski definition) is 0. The Labute approximate surface area is 101 Å². The van der Waals surface area contributed by atoms with Crippen molar-refractivity contribution in [3.05, 3.63) is 0 Å². The minimum Gasteiger partial charge on any atom is -0.295 e. The summed E-state index contributed by atoms with van der Waals surface area (Å²) in [7, 11) is 0. The van der Waals surface area contributed by atoms with Crippen molar-refractivity contribution in [3.8, 4) is 0 Å². The largest absolute Gasteiger partial charge is 0.295 e. The minimum absolute atomic E-state index is 0.526. The van der Waals surface area contributed by atoms with Gasteiger partial charge in [0, 0.05) is 11.6 Å². The Morgan fingerprint density at radius 2 is 1.75 bits per heavy atom. The average molecular weight is 221 g/mol. The molecular formula is C15H27N. The monoisotopic (exact) mass is 221 g/mol. The minimum atomic E-state index is 0.526. The predicted molar refractivity (Wildman–Crippen MR) is 68.5 cm³/mol. The van der Waals surface area contributed by atoms with Crippen LogP contribution in [0.3, 0.4) is 0 Å². The highest BCUT2D eigenvalue weighted by Gasteiger charge is 2.52. The van der Waals surface area contributed by atoms with Crippen molar-refractivity contribution in [1.29, 1.82) is 0 Å². The van der Waals surface area contributed by atoms with E-state index in [1.807, 2.05) is 0 Å². The summed E-state index contributed by atoms with van der Waals surface area (Å²) in [6.45, 7) is 8.72. The molecule has 1 atom stereocenters. The summed E-state index contributed by atoms with van der Waals surface area (Å²) in [5.74, 6) is 0.961. The lowest BCUT2D eigenvalue weighted by atomic mass is 9.62. The van der Waals surface area contributed by atoms with E-state index < -0.39 is 0 Å². The normalized spacial score (nSPS) is 35.1. The fraction of sp³-hybridized carbons (Fsp3) is 1.00. The fourth-order valence-corrected chi connectivity index (χ4v) is 3.98. The molecule has 1 nitrogen and oxygen atoms in total. The molecule has 0 unspecified atom stereocenters. The summed E-state index contributed by atoms with van der Waals surface area (Å²) in [6.07, 6.45) is 10.4. The van der Waals surface area contributed by atoms with Gasteiger partial charge in [-0.15, -0.1) is 0 Å². The van der Waals surface area contributed by atoms with E-state index >= 15 is 0 Å². The molecule has 3 rings (SSSR count). The van der Waals surface area contributed by atoms with Crippen molar-refractivity contribution in [3.63, 3.8) is 0 Å². The molecule has 1 heteroatoms. The van der Waals surface area contributed by atoms with Crippen molar-refractivity contribution in [2.45, 2.75) is 77.3 Å². The van der Waals surface area contributed by atoms with E-state index in [2.05, 4.69) is 25.7 Å². The third-order valence-electron chi connectivity index (χ3n) is 5.45. The van der Waals surface area contributed by atoms with Crippen LogP contribution in [0.5, 0.6) is 0 Å². The molecule has 92 valence electrons. The first-order valence-electron chi connectivity index (χ1n) is 7.28. The van der Waals surface area contributed by atoms with E-state index in [9.17, 15) is 0 Å². The van der Waals surface area contributed by atoms with Gasteiger partial charge in [0.2, 0.25) is 0 Å². The zero-order valence-corrected chi connectivity index (χ0v) is 11.3. The lowest BCUT2D eigenvalue weighted by Gasteiger charge is -2.57. The molecule has 1 heterocycles. The molecule has 2 saturated carbocycles. The molecule has 1 saturated heterocycles. The zero-order valence-electron chi connectivity index (χ0n) is 11.3. The van der Waals surface area contributed by atoms with E-state index in [0.29, 0.717) is 11.0 Å². The maximum absolute atomic E-state index is 2.92. The average Bonchev–Trinajstić information content (AvgIpc) is 2.96. The topological polar surface area (TPSA) is 3.24 Å². The van der Waals surface area contributed by atoms with Gasteiger partial charge in [0.1, 0.15) is 0 Å². The molecule has 2 aliphatic carbocycles. The molecule has 0 aromatic heterocycles. The molecule has 0 aromatic rings. The Bertz CT molecular complexity index is 268. The maximum Gasteiger partial charge on any atom is 0.0215 e. The van der Waals surface area contributed by atoms with Crippen LogP contribution in [0, 0.1) is 11.3 Å². The van der Waals surface area contributed by atoms with Gasteiger partial charge in [-0.25, -0.2) is 0 Å². The second-order valence-electron chi connectivity index (χ2n) is 7.56. The number of rotatable bonds is 1. The van der Waals surface area contributed by atoms with Crippen LogP contribution < -0.4 is 0 Å². The number of likely N-dealkylation sites (tertiary alicyclic amines) is 1. The van der Waals surface area contributed by atoms with E-state index in [1.165, 1.54) is 51.5 Å². The third-order valence-corrected chi connectivity index (χ3v) is 5.45. The SMILES string of the molecule is CC(C)(C)[C@H]1CCN(C2CC2)C2(CCC2)C1. The van der Waals surface area contributed by atoms with Crippen LogP contribution in [0.15, 0.2) is 0 Å². The van der Waals surface area contributed by atoms with Crippen LogP contribution >= 0.6 is 0 Å². The number of piperidine rings is 1. The second-order valence-corrected chi connectivity index (χ2v) is 7.56. The van der Waals surface area contributed by atoms with Gasteiger partial charge in [-0.05, 0) is 62.8 Å². The molecule has 0 amide bonds. The van der Waals surface area contributed by atoms with Gasteiger partial charge < -0.3 is 0 Å². The van der Waals surface area contributed by atoms with Gasteiger partial charge in [-0.1, -0.05) is 20.8 Å². The molecule has 0 bridgehead atoms. The van der Waals surface area contributed by atoms with Gasteiger partial charge in [-0.3, -0.25) is 4.90 Å². The third kappa shape index (κ3) is 1.72. The van der Waals surface area contributed by atoms with E-state index in [-0.39, 0.29) is 0 Å². The summed E-state index contributed by atoms with van der Waals surface area (Å²) in [6, 6.07) is 0.987. The highest BCUT2D eigenvalue weighted by molar-refractivity contribution is 5.07. The van der Waals surface area contributed by atoms with Gasteiger partial charge in [0.05, 0.1) is 0 Å². The summed E-state index contributed by atoms with van der Waals surface area (Å²) >= 11 is 0. The van der Waals surface area contributed by atoms with Crippen LogP contribution in [0.2, 0.25) is 0 Å². The predicted octanol–water partition coefficient (Wildman–Crippen LogP) is 3.83. The smallest absolute Gasteiger partial charge is 0.0215 e. The Kier molecular flexibility index (Phi) is 2.41. The summed E-state index contributed by atoms with van der Waals surface area (Å²) in [5, 5.41) is 0. The van der Waals surface area contributed by atoms with Crippen LogP contribution in [0.1, 0.15) is 65.7 Å². The molecule has 1 spiro atoms. The molecule has 0 aromatic carbocycles. The Hall–Kier alpha value is -0.0400. The standard InChI is InChI=1S/C15H27N/c1-14(2,3)12-7-10-16(13-5-6-13)15(11-12)8-4-9-15/h12-13H,4-11H2,1-3H3/t12-/m0/s1. The lowest BCUT2D eigenvalue weighted by molar-refractivity contribution is -0.0641. The van der Waals surface area contributed by atoms with Crippen LogP contribution in [0.25, 0.3) is 0 Å². The van der Waals surface area contributed by atoms with Crippen LogP contribution in [-0.2, 0) is 0 Å². The van der Waals surface area contributed by atoms with Gasteiger partial charge in [-0.2, -0.15) is 0 Å². The molecule has 3 fully saturated rings. The first-order valence-corrected chi connectivity index (χ1v) is 7.28. The van der Waals surface area contributed by atoms with E-state index in [1.54, 1.807) is 0 Å². The van der Waals surface area contributed by atoms with Crippen molar-refractivity contribution in [2.75, 3.05) is 6.54 Å². The highest BCUT2D eigenvalue weighted by Crippen LogP contribution is 2.53. The van der Waals surface area contributed by atoms with Crippen molar-refractivity contribution in [1.82, 2.24) is 4.90 Å². The van der Waals surface area contributed by atoms with Crippen molar-refractivity contribution < 1.29 is 0 Å². The molecule has 0 N–H and O–H groups in total. The molecular weight excluding hydrogens is 194 g/mol. The first-order chi connectivity index (χ1) is 7.51. The zero-order chi connectivity index (χ0) is 11.4. The van der Waals surface area contributed by atoms with Gasteiger partial charge >= 0.3 is 0 Å². The van der Waals surface area contributed by atoms with Crippen molar-refractivity contribution >= 4 is 0 Å². The highest BCUT2D eigenvalue weighted by atomic mass is 15.3. The first kappa shape index (κ1) is 11.1. The fourth-order valence-electron chi connectivity index (χ4n) is 3.98. The molecule has 1 aliphatic heterocycles. The number of hydrogen-bond acceptors (Lipinski definition) is 1. The summed E-state index contributed by atoms with van der Waals surface area (Å²) in [5.41, 5.74) is 1.19. The molecule has 16 heavy (non-hydrogen) atoms. The Morgan fingerprint density at radius 3 is 2.19 bits per heavy atom. The lowest BCUT2D eigenvalue weighted by Crippen LogP contribution is -2.60. The summed E-state index contributed by atoms with van der Waals surface area (Å²) < 4.78 is 0. The number of nitrogens with zero attached hydrogens (tertiary/aromatic N) is 1. The maximum atomic E-state index is 2.92. The Balaban J connectivity index is 1.74. The van der Waals surface area contributed by atoms with E-state index in [0.717, 1.165) is 12.0 Å². The summed E-state index contributed by atoms with van der Waals surface area (Å²) in [4.78, 5) is 2.92. The van der Waals surface area contributed by atoms with E-state index in [4.69, 9.17) is 0 Å². The van der Waals surface area contributed by atoms with Gasteiger partial charge in [0.15, 0.2) is 0 Å². The Morgan fingerprint density at radius 1 is 1.06 bits per heavy atom. The van der Waals surface area contributed by atoms with Crippen molar-refractivity contribution in [2.24, 2.45) is 11.3 Å².